The lowest BCUT2D eigenvalue weighted by atomic mass is 10.0. The van der Waals surface area contributed by atoms with Crippen molar-refractivity contribution in [2.24, 2.45) is 5.92 Å². The Labute approximate surface area is 91.3 Å². The van der Waals surface area contributed by atoms with Gasteiger partial charge in [0, 0.05) is 25.7 Å². The molecule has 0 saturated carbocycles. The lowest BCUT2D eigenvalue weighted by Gasteiger charge is -2.22. The molecule has 0 fully saturated rings. The fraction of sp³-hybridized carbons (Fsp3) is 0.636. The van der Waals surface area contributed by atoms with Crippen molar-refractivity contribution in [3.8, 4) is 0 Å². The highest BCUT2D eigenvalue weighted by atomic mass is 16.2. The van der Waals surface area contributed by atoms with Gasteiger partial charge >= 0.3 is 0 Å². The van der Waals surface area contributed by atoms with Gasteiger partial charge in [0.05, 0.1) is 5.92 Å². The van der Waals surface area contributed by atoms with Crippen LogP contribution in [0.2, 0.25) is 0 Å². The number of amides is 2. The summed E-state index contributed by atoms with van der Waals surface area (Å²) >= 11 is 0. The van der Waals surface area contributed by atoms with Crippen molar-refractivity contribution in [2.75, 3.05) is 20.1 Å². The third kappa shape index (κ3) is 3.38. The van der Waals surface area contributed by atoms with Crippen LogP contribution in [-0.4, -0.2) is 36.9 Å². The normalized spacial score (nSPS) is 11.7. The summed E-state index contributed by atoms with van der Waals surface area (Å²) in [4.78, 5) is 24.8. The number of nitrogens with zero attached hydrogens (tertiary/aromatic N) is 1. The van der Waals surface area contributed by atoms with Gasteiger partial charge in [0.1, 0.15) is 0 Å². The molecule has 15 heavy (non-hydrogen) atoms. The molecule has 0 aliphatic carbocycles. The molecule has 0 aromatic carbocycles. The summed E-state index contributed by atoms with van der Waals surface area (Å²) in [7, 11) is 1.55. The van der Waals surface area contributed by atoms with Gasteiger partial charge in [0.15, 0.2) is 0 Å². The van der Waals surface area contributed by atoms with Crippen LogP contribution in [0.15, 0.2) is 12.2 Å². The molecule has 0 aliphatic rings. The molecule has 4 heteroatoms. The number of carbonyl (C=O) groups is 2. The van der Waals surface area contributed by atoms with Crippen LogP contribution in [0.3, 0.4) is 0 Å². The molecule has 0 rings (SSSR count). The first kappa shape index (κ1) is 13.7. The lowest BCUT2D eigenvalue weighted by molar-refractivity contribution is -0.130. The Morgan fingerprint density at radius 1 is 1.33 bits per heavy atom. The SMILES string of the molecule is C=C(C(=O)N(CC)CC)C(C)C(=O)NC. The van der Waals surface area contributed by atoms with E-state index in [4.69, 9.17) is 0 Å². The van der Waals surface area contributed by atoms with Gasteiger partial charge in [-0.1, -0.05) is 6.58 Å². The molecule has 4 nitrogen and oxygen atoms in total. The minimum atomic E-state index is -0.469. The van der Waals surface area contributed by atoms with Gasteiger partial charge in [-0.05, 0) is 20.8 Å². The Morgan fingerprint density at radius 3 is 2.13 bits per heavy atom. The minimum absolute atomic E-state index is 0.142. The van der Waals surface area contributed by atoms with Gasteiger partial charge in [0.25, 0.3) is 0 Å². The van der Waals surface area contributed by atoms with E-state index >= 15 is 0 Å². The smallest absolute Gasteiger partial charge is 0.249 e. The first-order chi connectivity index (χ1) is 6.99. The molecule has 0 heterocycles. The molecule has 0 radical (unpaired) electrons. The quantitative estimate of drug-likeness (QED) is 0.685. The molecule has 0 aromatic rings. The summed E-state index contributed by atoms with van der Waals surface area (Å²) in [6.45, 7) is 10.4. The van der Waals surface area contributed by atoms with Gasteiger partial charge in [0.2, 0.25) is 11.8 Å². The second kappa shape index (κ2) is 6.22. The average molecular weight is 212 g/mol. The zero-order valence-corrected chi connectivity index (χ0v) is 9.96. The van der Waals surface area contributed by atoms with Crippen LogP contribution in [0, 0.1) is 5.92 Å². The van der Waals surface area contributed by atoms with Crippen molar-refractivity contribution in [3.63, 3.8) is 0 Å². The molecule has 0 bridgehead atoms. The van der Waals surface area contributed by atoms with E-state index in [2.05, 4.69) is 11.9 Å². The van der Waals surface area contributed by atoms with E-state index < -0.39 is 5.92 Å². The molecule has 0 aromatic heterocycles. The predicted octanol–water partition coefficient (Wildman–Crippen LogP) is 0.793. The fourth-order valence-corrected chi connectivity index (χ4v) is 1.27. The summed E-state index contributed by atoms with van der Waals surface area (Å²) < 4.78 is 0. The maximum Gasteiger partial charge on any atom is 0.249 e. The van der Waals surface area contributed by atoms with Crippen LogP contribution in [-0.2, 0) is 9.59 Å². The van der Waals surface area contributed by atoms with E-state index in [1.807, 2.05) is 13.8 Å². The van der Waals surface area contributed by atoms with Gasteiger partial charge < -0.3 is 10.2 Å². The van der Waals surface area contributed by atoms with E-state index in [1.54, 1.807) is 18.9 Å². The zero-order valence-electron chi connectivity index (χ0n) is 9.96. The summed E-state index contributed by atoms with van der Waals surface area (Å²) in [5, 5.41) is 2.50. The highest BCUT2D eigenvalue weighted by molar-refractivity contribution is 5.99. The summed E-state index contributed by atoms with van der Waals surface area (Å²) in [5.41, 5.74) is 0.345. The van der Waals surface area contributed by atoms with Crippen LogP contribution in [0.5, 0.6) is 0 Å². The highest BCUT2D eigenvalue weighted by Gasteiger charge is 2.23. The number of likely N-dealkylation sites (N-methyl/N-ethyl adjacent to an activating group) is 1. The monoisotopic (exact) mass is 212 g/mol. The number of hydrogen-bond donors (Lipinski definition) is 1. The van der Waals surface area contributed by atoms with Crippen LogP contribution >= 0.6 is 0 Å². The fourth-order valence-electron chi connectivity index (χ4n) is 1.27. The van der Waals surface area contributed by atoms with Gasteiger partial charge in [-0.2, -0.15) is 0 Å². The summed E-state index contributed by atoms with van der Waals surface area (Å²) in [6.07, 6.45) is 0. The third-order valence-corrected chi connectivity index (χ3v) is 2.49. The van der Waals surface area contributed by atoms with E-state index in [-0.39, 0.29) is 11.8 Å². The molecular weight excluding hydrogens is 192 g/mol. The molecular formula is C11H20N2O2. The van der Waals surface area contributed by atoms with Crippen molar-refractivity contribution in [1.29, 1.82) is 0 Å². The van der Waals surface area contributed by atoms with Crippen LogP contribution in [0.4, 0.5) is 0 Å². The van der Waals surface area contributed by atoms with Crippen LogP contribution in [0.1, 0.15) is 20.8 Å². The first-order valence-electron chi connectivity index (χ1n) is 5.19. The van der Waals surface area contributed by atoms with Crippen molar-refractivity contribution in [2.45, 2.75) is 20.8 Å². The minimum Gasteiger partial charge on any atom is -0.359 e. The van der Waals surface area contributed by atoms with E-state index in [9.17, 15) is 9.59 Å². The standard InChI is InChI=1S/C11H20N2O2/c1-6-13(7-2)11(15)9(4)8(3)10(14)12-5/h8H,4,6-7H2,1-3,5H3,(H,12,14). The molecule has 0 aliphatic heterocycles. The predicted molar refractivity (Wildman–Crippen MR) is 60.3 cm³/mol. The van der Waals surface area contributed by atoms with Gasteiger partial charge in [-0.25, -0.2) is 0 Å². The van der Waals surface area contributed by atoms with Crippen molar-refractivity contribution in [3.05, 3.63) is 12.2 Å². The Kier molecular flexibility index (Phi) is 5.67. The Balaban J connectivity index is 4.57. The molecule has 0 saturated heterocycles. The largest absolute Gasteiger partial charge is 0.359 e. The second-order valence-electron chi connectivity index (χ2n) is 3.34. The molecule has 1 N–H and O–H groups in total. The van der Waals surface area contributed by atoms with E-state index in [1.165, 1.54) is 0 Å². The number of hydrogen-bond acceptors (Lipinski definition) is 2. The van der Waals surface area contributed by atoms with Crippen LogP contribution in [0.25, 0.3) is 0 Å². The Hall–Kier alpha value is -1.32. The zero-order chi connectivity index (χ0) is 12.0. The Morgan fingerprint density at radius 2 is 1.80 bits per heavy atom. The summed E-state index contributed by atoms with van der Waals surface area (Å²) in [5.74, 6) is -0.792. The lowest BCUT2D eigenvalue weighted by Crippen LogP contribution is -2.36. The maximum atomic E-state index is 11.8. The molecule has 0 spiro atoms. The van der Waals surface area contributed by atoms with Crippen molar-refractivity contribution < 1.29 is 9.59 Å². The van der Waals surface area contributed by atoms with E-state index in [0.29, 0.717) is 18.7 Å². The molecule has 86 valence electrons. The van der Waals surface area contributed by atoms with Crippen molar-refractivity contribution in [1.82, 2.24) is 10.2 Å². The topological polar surface area (TPSA) is 49.4 Å². The van der Waals surface area contributed by atoms with Gasteiger partial charge in [-0.3, -0.25) is 9.59 Å². The third-order valence-electron chi connectivity index (χ3n) is 2.49. The number of carbonyl (C=O) groups excluding carboxylic acids is 2. The summed E-state index contributed by atoms with van der Waals surface area (Å²) in [6, 6.07) is 0. The molecule has 1 atom stereocenters. The Bertz CT molecular complexity index is 257. The maximum absolute atomic E-state index is 11.8. The van der Waals surface area contributed by atoms with Crippen molar-refractivity contribution >= 4 is 11.8 Å². The number of nitrogens with one attached hydrogen (secondary N) is 1. The van der Waals surface area contributed by atoms with E-state index in [0.717, 1.165) is 0 Å². The molecule has 2 amide bonds. The van der Waals surface area contributed by atoms with Gasteiger partial charge in [-0.15, -0.1) is 0 Å². The highest BCUT2D eigenvalue weighted by Crippen LogP contribution is 2.11. The average Bonchev–Trinajstić information content (AvgIpc) is 2.27. The second-order valence-corrected chi connectivity index (χ2v) is 3.34. The molecule has 1 unspecified atom stereocenters. The van der Waals surface area contributed by atoms with Crippen LogP contribution < -0.4 is 5.32 Å². The number of rotatable bonds is 5. The first-order valence-corrected chi connectivity index (χ1v) is 5.19.